The van der Waals surface area contributed by atoms with Gasteiger partial charge in [-0.2, -0.15) is 0 Å². The van der Waals surface area contributed by atoms with Gasteiger partial charge in [0, 0.05) is 18.8 Å². The topological polar surface area (TPSA) is 59.2 Å². The quantitative estimate of drug-likeness (QED) is 0.909. The maximum absolute atomic E-state index is 12.5. The maximum atomic E-state index is 12.5. The minimum absolute atomic E-state index is 0.0439. The average Bonchev–Trinajstić information content (AvgIpc) is 2.93. The summed E-state index contributed by atoms with van der Waals surface area (Å²) >= 11 is 0. The minimum Gasteiger partial charge on any atom is -0.396 e. The van der Waals surface area contributed by atoms with Crippen LogP contribution < -0.4 is 10.6 Å². The molecule has 0 fully saturated rings. The van der Waals surface area contributed by atoms with Gasteiger partial charge in [-0.3, -0.25) is 9.78 Å². The highest BCUT2D eigenvalue weighted by Gasteiger charge is 2.18. The highest BCUT2D eigenvalue weighted by atomic mass is 16.2. The molecule has 1 amide bonds. The Morgan fingerprint density at radius 1 is 1.25 bits per heavy atom. The van der Waals surface area contributed by atoms with E-state index in [9.17, 15) is 4.79 Å². The predicted molar refractivity (Wildman–Crippen MR) is 79.8 cm³/mol. The second-order valence-corrected chi connectivity index (χ2v) is 5.14. The Labute approximate surface area is 118 Å². The summed E-state index contributed by atoms with van der Waals surface area (Å²) in [7, 11) is 1.74. The zero-order valence-corrected chi connectivity index (χ0v) is 11.5. The van der Waals surface area contributed by atoms with Gasteiger partial charge in [-0.25, -0.2) is 0 Å². The first-order valence-electron chi connectivity index (χ1n) is 6.76. The van der Waals surface area contributed by atoms with Crippen molar-refractivity contribution in [2.45, 2.75) is 19.3 Å². The van der Waals surface area contributed by atoms with Gasteiger partial charge in [-0.1, -0.05) is 6.07 Å². The molecule has 0 saturated carbocycles. The number of nitrogens with zero attached hydrogens (tertiary/aromatic N) is 2. The molecule has 0 saturated heterocycles. The molecule has 0 unspecified atom stereocenters. The van der Waals surface area contributed by atoms with Crippen LogP contribution in [0, 0.1) is 0 Å². The summed E-state index contributed by atoms with van der Waals surface area (Å²) in [5, 5.41) is 0. The smallest absolute Gasteiger partial charge is 0.258 e. The molecule has 20 heavy (non-hydrogen) atoms. The lowest BCUT2D eigenvalue weighted by Gasteiger charge is -2.19. The fraction of sp³-hybridized carbons (Fsp3) is 0.250. The van der Waals surface area contributed by atoms with Crippen LogP contribution in [0.3, 0.4) is 0 Å². The highest BCUT2D eigenvalue weighted by molar-refractivity contribution is 6.07. The van der Waals surface area contributed by atoms with Gasteiger partial charge in [0.2, 0.25) is 0 Å². The number of benzene rings is 1. The van der Waals surface area contributed by atoms with Crippen molar-refractivity contribution >= 4 is 17.3 Å². The number of hydrogen-bond acceptors (Lipinski definition) is 3. The number of nitrogens with two attached hydrogens (primary N) is 1. The number of carbonyl (C=O) groups excluding carboxylic acids is 1. The molecule has 1 aliphatic rings. The first kappa shape index (κ1) is 12.7. The number of rotatable bonds is 2. The lowest BCUT2D eigenvalue weighted by Crippen LogP contribution is -2.27. The number of pyridine rings is 1. The summed E-state index contributed by atoms with van der Waals surface area (Å²) in [4.78, 5) is 18.1. The van der Waals surface area contributed by atoms with Crippen LogP contribution in [0.15, 0.2) is 36.7 Å². The summed E-state index contributed by atoms with van der Waals surface area (Å²) in [5.41, 5.74) is 10.4. The first-order chi connectivity index (χ1) is 9.66. The second kappa shape index (κ2) is 4.96. The number of aryl methyl sites for hydroxylation is 2. The van der Waals surface area contributed by atoms with Crippen molar-refractivity contribution in [2.75, 3.05) is 17.7 Å². The fourth-order valence-electron chi connectivity index (χ4n) is 2.71. The second-order valence-electron chi connectivity index (χ2n) is 5.14. The Bertz CT molecular complexity index is 667. The number of nitrogen functional groups attached to an aromatic ring is 1. The zero-order valence-electron chi connectivity index (χ0n) is 11.5. The summed E-state index contributed by atoms with van der Waals surface area (Å²) in [6.45, 7) is 0. The molecule has 4 heteroatoms. The molecule has 0 bridgehead atoms. The predicted octanol–water partition coefficient (Wildman–Crippen LogP) is 2.43. The normalized spacial score (nSPS) is 13.1. The molecule has 1 aromatic carbocycles. The number of hydrogen-bond donors (Lipinski definition) is 1. The van der Waals surface area contributed by atoms with Crippen LogP contribution in [0.5, 0.6) is 0 Å². The molecule has 1 heterocycles. The molecule has 1 aromatic heterocycles. The summed E-state index contributed by atoms with van der Waals surface area (Å²) in [6.07, 6.45) is 6.56. The van der Waals surface area contributed by atoms with Crippen LogP contribution in [0.2, 0.25) is 0 Å². The van der Waals surface area contributed by atoms with Crippen LogP contribution >= 0.6 is 0 Å². The molecule has 0 spiro atoms. The van der Waals surface area contributed by atoms with E-state index in [-0.39, 0.29) is 5.91 Å². The molecule has 4 nitrogen and oxygen atoms in total. The fourth-order valence-corrected chi connectivity index (χ4v) is 2.71. The van der Waals surface area contributed by atoms with Gasteiger partial charge in [0.25, 0.3) is 5.91 Å². The first-order valence-corrected chi connectivity index (χ1v) is 6.76. The Kier molecular flexibility index (Phi) is 3.14. The van der Waals surface area contributed by atoms with E-state index in [1.807, 2.05) is 12.1 Å². The van der Waals surface area contributed by atoms with Gasteiger partial charge in [-0.15, -0.1) is 0 Å². The van der Waals surface area contributed by atoms with E-state index in [1.54, 1.807) is 30.4 Å². The van der Waals surface area contributed by atoms with E-state index < -0.39 is 0 Å². The number of aromatic nitrogens is 1. The van der Waals surface area contributed by atoms with Crippen molar-refractivity contribution in [3.05, 3.63) is 53.3 Å². The van der Waals surface area contributed by atoms with Gasteiger partial charge in [0.1, 0.15) is 0 Å². The van der Waals surface area contributed by atoms with Gasteiger partial charge in [0.05, 0.1) is 17.6 Å². The SMILES string of the molecule is CN(C(=O)c1ccc2c(c1)CCC2)c1ccncc1N. The highest BCUT2D eigenvalue weighted by Crippen LogP contribution is 2.25. The standard InChI is InChI=1S/C16H17N3O/c1-19(15-7-8-18-10-14(15)17)16(20)13-6-5-11-3-2-4-12(11)9-13/h5-10H,2-4,17H2,1H3. The lowest BCUT2D eigenvalue weighted by molar-refractivity contribution is 0.0993. The van der Waals surface area contributed by atoms with Crippen molar-refractivity contribution in [1.82, 2.24) is 4.98 Å². The molecule has 2 aromatic rings. The van der Waals surface area contributed by atoms with Crippen molar-refractivity contribution in [3.8, 4) is 0 Å². The number of carbonyl (C=O) groups is 1. The van der Waals surface area contributed by atoms with E-state index in [1.165, 1.54) is 17.5 Å². The molecule has 3 rings (SSSR count). The van der Waals surface area contributed by atoms with E-state index >= 15 is 0 Å². The Morgan fingerprint density at radius 3 is 2.85 bits per heavy atom. The van der Waals surface area contributed by atoms with Gasteiger partial charge >= 0.3 is 0 Å². The third-order valence-electron chi connectivity index (χ3n) is 3.84. The molecular formula is C16H17N3O. The molecule has 0 atom stereocenters. The van der Waals surface area contributed by atoms with Crippen LogP contribution in [0.4, 0.5) is 11.4 Å². The third-order valence-corrected chi connectivity index (χ3v) is 3.84. The molecule has 102 valence electrons. The van der Waals surface area contributed by atoms with E-state index in [2.05, 4.69) is 11.1 Å². The van der Waals surface area contributed by atoms with Crippen molar-refractivity contribution in [1.29, 1.82) is 0 Å². The molecule has 1 aliphatic carbocycles. The van der Waals surface area contributed by atoms with Gasteiger partial charge < -0.3 is 10.6 Å². The summed E-state index contributed by atoms with van der Waals surface area (Å²) in [5.74, 6) is -0.0439. The average molecular weight is 267 g/mol. The summed E-state index contributed by atoms with van der Waals surface area (Å²) in [6, 6.07) is 7.73. The molecule has 0 aliphatic heterocycles. The Hall–Kier alpha value is -2.36. The van der Waals surface area contributed by atoms with Crippen molar-refractivity contribution in [2.24, 2.45) is 0 Å². The van der Waals surface area contributed by atoms with Crippen LogP contribution in [0.1, 0.15) is 27.9 Å². The maximum Gasteiger partial charge on any atom is 0.258 e. The third kappa shape index (κ3) is 2.13. The number of amides is 1. The molecular weight excluding hydrogens is 250 g/mol. The molecule has 2 N–H and O–H groups in total. The van der Waals surface area contributed by atoms with Crippen molar-refractivity contribution < 1.29 is 4.79 Å². The van der Waals surface area contributed by atoms with Crippen molar-refractivity contribution in [3.63, 3.8) is 0 Å². The minimum atomic E-state index is -0.0439. The van der Waals surface area contributed by atoms with E-state index in [0.29, 0.717) is 16.9 Å². The summed E-state index contributed by atoms with van der Waals surface area (Å²) < 4.78 is 0. The molecule has 0 radical (unpaired) electrons. The Balaban J connectivity index is 1.91. The number of fused-ring (bicyclic) bond motifs is 1. The zero-order chi connectivity index (χ0) is 14.1. The van der Waals surface area contributed by atoms with Crippen LogP contribution in [-0.4, -0.2) is 17.9 Å². The Morgan fingerprint density at radius 2 is 2.05 bits per heavy atom. The lowest BCUT2D eigenvalue weighted by atomic mass is 10.1. The van der Waals surface area contributed by atoms with Gasteiger partial charge in [0.15, 0.2) is 0 Å². The van der Waals surface area contributed by atoms with E-state index in [4.69, 9.17) is 5.73 Å². The monoisotopic (exact) mass is 267 g/mol. The largest absolute Gasteiger partial charge is 0.396 e. The van der Waals surface area contributed by atoms with Crippen LogP contribution in [-0.2, 0) is 12.8 Å². The van der Waals surface area contributed by atoms with Crippen LogP contribution in [0.25, 0.3) is 0 Å². The van der Waals surface area contributed by atoms with Gasteiger partial charge in [-0.05, 0) is 48.6 Å². The van der Waals surface area contributed by atoms with E-state index in [0.717, 1.165) is 12.8 Å². The number of anilines is 2.